The summed E-state index contributed by atoms with van der Waals surface area (Å²) in [6.07, 6.45) is 0. The number of hydrogen-bond acceptors (Lipinski definition) is 3. The number of rotatable bonds is 4. The van der Waals surface area contributed by atoms with Crippen LogP contribution in [0, 0.1) is 6.92 Å². The van der Waals surface area contributed by atoms with E-state index >= 15 is 0 Å². The van der Waals surface area contributed by atoms with Crippen molar-refractivity contribution in [3.05, 3.63) is 59.7 Å². The summed E-state index contributed by atoms with van der Waals surface area (Å²) in [5, 5.41) is 0. The van der Waals surface area contributed by atoms with E-state index in [1.165, 1.54) is 0 Å². The van der Waals surface area contributed by atoms with E-state index in [9.17, 15) is 8.42 Å². The molecule has 5 heteroatoms. The molecule has 0 bridgehead atoms. The van der Waals surface area contributed by atoms with Gasteiger partial charge in [0.15, 0.2) is 0 Å². The summed E-state index contributed by atoms with van der Waals surface area (Å²) in [7, 11) is -3.49. The SMILES string of the molecule is Cc1ccccc1S(=O)(=O)NCC1COc2ccccc21. The quantitative estimate of drug-likeness (QED) is 0.944. The Morgan fingerprint density at radius 2 is 1.86 bits per heavy atom. The van der Waals surface area contributed by atoms with Crippen LogP contribution in [0.25, 0.3) is 0 Å². The molecular formula is C16H17NO3S. The lowest BCUT2D eigenvalue weighted by Gasteiger charge is -2.12. The molecule has 4 nitrogen and oxygen atoms in total. The molecule has 0 aromatic heterocycles. The maximum Gasteiger partial charge on any atom is 0.240 e. The Balaban J connectivity index is 1.76. The highest BCUT2D eigenvalue weighted by Crippen LogP contribution is 2.33. The summed E-state index contributed by atoms with van der Waals surface area (Å²) in [6, 6.07) is 14.7. The van der Waals surface area contributed by atoms with E-state index < -0.39 is 10.0 Å². The maximum atomic E-state index is 12.4. The Hall–Kier alpha value is -1.85. The fraction of sp³-hybridized carbons (Fsp3) is 0.250. The number of nitrogens with one attached hydrogen (secondary N) is 1. The van der Waals surface area contributed by atoms with Gasteiger partial charge in [0.25, 0.3) is 0 Å². The predicted molar refractivity (Wildman–Crippen MR) is 81.0 cm³/mol. The van der Waals surface area contributed by atoms with Gasteiger partial charge in [-0.05, 0) is 24.6 Å². The number of para-hydroxylation sites is 1. The van der Waals surface area contributed by atoms with Crippen molar-refractivity contribution in [2.24, 2.45) is 0 Å². The van der Waals surface area contributed by atoms with Crippen LogP contribution in [0.3, 0.4) is 0 Å². The van der Waals surface area contributed by atoms with Crippen LogP contribution in [-0.4, -0.2) is 21.6 Å². The monoisotopic (exact) mass is 303 g/mol. The first-order chi connectivity index (χ1) is 10.1. The molecule has 1 aliphatic rings. The largest absolute Gasteiger partial charge is 0.493 e. The molecule has 2 aromatic rings. The summed E-state index contributed by atoms with van der Waals surface area (Å²) in [6.45, 7) is 2.64. The maximum absolute atomic E-state index is 12.4. The van der Waals surface area contributed by atoms with Gasteiger partial charge in [-0.3, -0.25) is 0 Å². The lowest BCUT2D eigenvalue weighted by Crippen LogP contribution is -2.29. The van der Waals surface area contributed by atoms with Gasteiger partial charge in [0, 0.05) is 18.0 Å². The fourth-order valence-corrected chi connectivity index (χ4v) is 3.87. The third kappa shape index (κ3) is 2.80. The van der Waals surface area contributed by atoms with Crippen LogP contribution in [-0.2, 0) is 10.0 Å². The van der Waals surface area contributed by atoms with Gasteiger partial charge in [-0.15, -0.1) is 0 Å². The molecule has 1 N–H and O–H groups in total. The first kappa shape index (κ1) is 14.1. The van der Waals surface area contributed by atoms with Crippen molar-refractivity contribution in [3.63, 3.8) is 0 Å². The number of sulfonamides is 1. The minimum absolute atomic E-state index is 0.0555. The molecular weight excluding hydrogens is 286 g/mol. The summed E-state index contributed by atoms with van der Waals surface area (Å²) in [5.74, 6) is 0.901. The lowest BCUT2D eigenvalue weighted by atomic mass is 10.0. The number of benzene rings is 2. The highest BCUT2D eigenvalue weighted by atomic mass is 32.2. The fourth-order valence-electron chi connectivity index (χ4n) is 2.54. The average Bonchev–Trinajstić information content (AvgIpc) is 2.89. The van der Waals surface area contributed by atoms with Gasteiger partial charge in [0.2, 0.25) is 10.0 Å². The van der Waals surface area contributed by atoms with Gasteiger partial charge in [-0.25, -0.2) is 13.1 Å². The topological polar surface area (TPSA) is 55.4 Å². The molecule has 1 atom stereocenters. The first-order valence-electron chi connectivity index (χ1n) is 6.85. The van der Waals surface area contributed by atoms with Crippen LogP contribution in [0.1, 0.15) is 17.0 Å². The van der Waals surface area contributed by atoms with Gasteiger partial charge >= 0.3 is 0 Å². The Morgan fingerprint density at radius 3 is 2.67 bits per heavy atom. The minimum Gasteiger partial charge on any atom is -0.493 e. The van der Waals surface area contributed by atoms with E-state index in [1.54, 1.807) is 25.1 Å². The van der Waals surface area contributed by atoms with Gasteiger partial charge in [-0.1, -0.05) is 36.4 Å². The molecule has 1 heterocycles. The Bertz CT molecular complexity index is 756. The molecule has 0 aliphatic carbocycles. The van der Waals surface area contributed by atoms with E-state index in [-0.39, 0.29) is 5.92 Å². The number of fused-ring (bicyclic) bond motifs is 1. The molecule has 0 radical (unpaired) electrons. The normalized spacial score (nSPS) is 17.3. The molecule has 0 spiro atoms. The molecule has 1 unspecified atom stereocenters. The van der Waals surface area contributed by atoms with Crippen molar-refractivity contribution < 1.29 is 13.2 Å². The van der Waals surface area contributed by atoms with Crippen LogP contribution in [0.15, 0.2) is 53.4 Å². The van der Waals surface area contributed by atoms with E-state index in [1.807, 2.05) is 30.3 Å². The van der Waals surface area contributed by atoms with E-state index in [0.29, 0.717) is 18.0 Å². The zero-order valence-corrected chi connectivity index (χ0v) is 12.6. The van der Waals surface area contributed by atoms with Gasteiger partial charge < -0.3 is 4.74 Å². The van der Waals surface area contributed by atoms with Crippen LogP contribution >= 0.6 is 0 Å². The third-order valence-electron chi connectivity index (χ3n) is 3.70. The smallest absolute Gasteiger partial charge is 0.240 e. The number of hydrogen-bond donors (Lipinski definition) is 1. The highest BCUT2D eigenvalue weighted by Gasteiger charge is 2.26. The Morgan fingerprint density at radius 1 is 1.14 bits per heavy atom. The van der Waals surface area contributed by atoms with Crippen LogP contribution in [0.5, 0.6) is 5.75 Å². The molecule has 2 aromatic carbocycles. The van der Waals surface area contributed by atoms with Gasteiger partial charge in [0.1, 0.15) is 5.75 Å². The van der Waals surface area contributed by atoms with Crippen molar-refractivity contribution in [1.82, 2.24) is 4.72 Å². The molecule has 0 fully saturated rings. The first-order valence-corrected chi connectivity index (χ1v) is 8.33. The second kappa shape index (κ2) is 5.50. The second-order valence-corrected chi connectivity index (χ2v) is 6.90. The summed E-state index contributed by atoms with van der Waals surface area (Å²) < 4.78 is 33.0. The zero-order chi connectivity index (χ0) is 14.9. The summed E-state index contributed by atoms with van der Waals surface area (Å²) >= 11 is 0. The van der Waals surface area contributed by atoms with Crippen molar-refractivity contribution in [2.45, 2.75) is 17.7 Å². The third-order valence-corrected chi connectivity index (χ3v) is 5.29. The zero-order valence-electron chi connectivity index (χ0n) is 11.7. The van der Waals surface area contributed by atoms with Crippen LogP contribution < -0.4 is 9.46 Å². The second-order valence-electron chi connectivity index (χ2n) is 5.16. The van der Waals surface area contributed by atoms with Crippen molar-refractivity contribution in [3.8, 4) is 5.75 Å². The molecule has 110 valence electrons. The summed E-state index contributed by atoms with van der Waals surface area (Å²) in [4.78, 5) is 0.331. The van der Waals surface area contributed by atoms with Crippen LogP contribution in [0.2, 0.25) is 0 Å². The number of aryl methyl sites for hydroxylation is 1. The van der Waals surface area contributed by atoms with Gasteiger partial charge in [-0.2, -0.15) is 0 Å². The molecule has 21 heavy (non-hydrogen) atoms. The molecule has 1 aliphatic heterocycles. The molecule has 0 amide bonds. The Kier molecular flexibility index (Phi) is 3.69. The average molecular weight is 303 g/mol. The van der Waals surface area contributed by atoms with Crippen LogP contribution in [0.4, 0.5) is 0 Å². The Labute approximate surface area is 124 Å². The highest BCUT2D eigenvalue weighted by molar-refractivity contribution is 7.89. The molecule has 0 saturated heterocycles. The van der Waals surface area contributed by atoms with Gasteiger partial charge in [0.05, 0.1) is 11.5 Å². The minimum atomic E-state index is -3.49. The molecule has 3 rings (SSSR count). The van der Waals surface area contributed by atoms with E-state index in [2.05, 4.69) is 4.72 Å². The predicted octanol–water partition coefficient (Wildman–Crippen LogP) is 2.45. The van der Waals surface area contributed by atoms with Crippen molar-refractivity contribution in [1.29, 1.82) is 0 Å². The van der Waals surface area contributed by atoms with E-state index in [4.69, 9.17) is 4.74 Å². The summed E-state index contributed by atoms with van der Waals surface area (Å²) in [5.41, 5.74) is 1.80. The van der Waals surface area contributed by atoms with E-state index in [0.717, 1.165) is 16.9 Å². The van der Waals surface area contributed by atoms with Crippen molar-refractivity contribution in [2.75, 3.05) is 13.2 Å². The molecule has 0 saturated carbocycles. The van der Waals surface area contributed by atoms with Crippen molar-refractivity contribution >= 4 is 10.0 Å². The lowest BCUT2D eigenvalue weighted by molar-refractivity contribution is 0.330. The standard InChI is InChI=1S/C16H17NO3S/c1-12-6-2-5-9-16(12)21(18,19)17-10-13-11-20-15-8-4-3-7-14(13)15/h2-9,13,17H,10-11H2,1H3. The number of ether oxygens (including phenoxy) is 1.